The molecule has 0 saturated carbocycles. The third kappa shape index (κ3) is 3.09. The first-order chi connectivity index (χ1) is 14.5. The van der Waals surface area contributed by atoms with Gasteiger partial charge in [-0.25, -0.2) is 18.7 Å². The lowest BCUT2D eigenvalue weighted by Gasteiger charge is -2.37. The number of anilines is 3. The Balaban J connectivity index is 1.54. The minimum atomic E-state index is -0.730. The third-order valence-electron chi connectivity index (χ3n) is 5.09. The first-order valence-electron chi connectivity index (χ1n) is 9.31. The number of nitrogens with one attached hydrogen (secondary N) is 2. The van der Waals surface area contributed by atoms with E-state index in [2.05, 4.69) is 20.3 Å². The molecule has 152 valence electrons. The van der Waals surface area contributed by atoms with E-state index in [0.29, 0.717) is 35.5 Å². The van der Waals surface area contributed by atoms with Crippen molar-refractivity contribution in [3.63, 3.8) is 0 Å². The predicted octanol–water partition coefficient (Wildman–Crippen LogP) is 3.53. The van der Waals surface area contributed by atoms with Crippen LogP contribution in [0.15, 0.2) is 48.8 Å². The van der Waals surface area contributed by atoms with Gasteiger partial charge in [-0.05, 0) is 30.3 Å². The Kier molecular flexibility index (Phi) is 4.25. The topological polar surface area (TPSA) is 97.3 Å². The number of aromatic nitrogens is 3. The van der Waals surface area contributed by atoms with E-state index in [1.165, 1.54) is 30.5 Å². The highest BCUT2D eigenvalue weighted by Gasteiger charge is 2.24. The van der Waals surface area contributed by atoms with E-state index in [0.717, 1.165) is 5.69 Å². The van der Waals surface area contributed by atoms with Gasteiger partial charge in [0.1, 0.15) is 17.5 Å². The van der Waals surface area contributed by atoms with E-state index in [1.807, 2.05) is 11.0 Å². The molecule has 4 N–H and O–H groups in total. The molecule has 1 saturated heterocycles. The highest BCUT2D eigenvalue weighted by atomic mass is 19.1. The van der Waals surface area contributed by atoms with E-state index in [9.17, 15) is 19.0 Å². The van der Waals surface area contributed by atoms with Gasteiger partial charge >= 0.3 is 0 Å². The predicted molar refractivity (Wildman–Crippen MR) is 109 cm³/mol. The molecule has 1 aliphatic rings. The summed E-state index contributed by atoms with van der Waals surface area (Å²) in [6.07, 6.45) is 2.81. The van der Waals surface area contributed by atoms with E-state index in [-0.39, 0.29) is 23.2 Å². The summed E-state index contributed by atoms with van der Waals surface area (Å²) in [5.74, 6) is -1.10. The molecule has 5 rings (SSSR count). The van der Waals surface area contributed by atoms with Crippen LogP contribution in [0.5, 0.6) is 5.88 Å². The Morgan fingerprint density at radius 2 is 1.90 bits per heavy atom. The Hall–Kier alpha value is -3.72. The van der Waals surface area contributed by atoms with Crippen LogP contribution in [0.3, 0.4) is 0 Å². The average Bonchev–Trinajstić information content (AvgIpc) is 3.07. The van der Waals surface area contributed by atoms with E-state index >= 15 is 0 Å². The van der Waals surface area contributed by atoms with Gasteiger partial charge in [-0.2, -0.15) is 0 Å². The van der Waals surface area contributed by atoms with Crippen molar-refractivity contribution >= 4 is 28.1 Å². The summed E-state index contributed by atoms with van der Waals surface area (Å²) < 4.78 is 28.6. The molecule has 30 heavy (non-hydrogen) atoms. The molecule has 4 aromatic rings. The first-order valence-corrected chi connectivity index (χ1v) is 9.31. The van der Waals surface area contributed by atoms with Crippen molar-refractivity contribution in [1.29, 1.82) is 0 Å². The van der Waals surface area contributed by atoms with E-state index in [1.54, 1.807) is 12.3 Å². The smallest absolute Gasteiger partial charge is 0.200 e. The van der Waals surface area contributed by atoms with Crippen LogP contribution < -0.4 is 10.2 Å². The summed E-state index contributed by atoms with van der Waals surface area (Å²) in [5, 5.41) is 23.1. The summed E-state index contributed by atoms with van der Waals surface area (Å²) >= 11 is 0. The highest BCUT2D eigenvalue weighted by molar-refractivity contribution is 5.99. The number of rotatable bonds is 4. The lowest BCUT2D eigenvalue weighted by atomic mass is 10.1. The number of aliphatic hydroxyl groups is 1. The second-order valence-corrected chi connectivity index (χ2v) is 7.13. The zero-order valence-electron chi connectivity index (χ0n) is 15.6. The molecular formula is C21H17F2N5O2. The van der Waals surface area contributed by atoms with Gasteiger partial charge in [0.05, 0.1) is 45.8 Å². The lowest BCUT2D eigenvalue weighted by molar-refractivity contribution is 0.142. The van der Waals surface area contributed by atoms with Gasteiger partial charge in [0.25, 0.3) is 0 Å². The summed E-state index contributed by atoms with van der Waals surface area (Å²) in [6.45, 7) is 1.13. The van der Waals surface area contributed by atoms with Gasteiger partial charge in [-0.1, -0.05) is 6.07 Å². The molecule has 0 atom stereocenters. The molecule has 0 amide bonds. The van der Waals surface area contributed by atoms with Crippen LogP contribution in [0, 0.1) is 11.6 Å². The number of aromatic hydroxyl groups is 1. The molecule has 7 nitrogen and oxygen atoms in total. The van der Waals surface area contributed by atoms with E-state index < -0.39 is 11.6 Å². The quantitative estimate of drug-likeness (QED) is 0.412. The highest BCUT2D eigenvalue weighted by Crippen LogP contribution is 2.36. The lowest BCUT2D eigenvalue weighted by Crippen LogP contribution is -2.50. The molecule has 0 radical (unpaired) electrons. The SMILES string of the molecule is Oc1[nH]cc2nc(-c3c(F)cccc3F)cc(Nc3ccc(N4CC(O)C4)cn3)c12. The fourth-order valence-electron chi connectivity index (χ4n) is 3.55. The van der Waals surface area contributed by atoms with Gasteiger partial charge in [0, 0.05) is 19.3 Å². The maximum absolute atomic E-state index is 14.3. The zero-order valence-corrected chi connectivity index (χ0v) is 15.6. The minimum Gasteiger partial charge on any atom is -0.494 e. The van der Waals surface area contributed by atoms with Gasteiger partial charge in [-0.3, -0.25) is 0 Å². The van der Waals surface area contributed by atoms with Gasteiger partial charge in [0.15, 0.2) is 5.88 Å². The fraction of sp³-hybridized carbons (Fsp3) is 0.143. The minimum absolute atomic E-state index is 0.0887. The number of pyridine rings is 2. The van der Waals surface area contributed by atoms with Crippen LogP contribution in [0.1, 0.15) is 0 Å². The summed E-state index contributed by atoms with van der Waals surface area (Å²) in [6, 6.07) is 8.70. The summed E-state index contributed by atoms with van der Waals surface area (Å²) in [7, 11) is 0. The van der Waals surface area contributed by atoms with Crippen LogP contribution in [-0.4, -0.2) is 44.4 Å². The van der Waals surface area contributed by atoms with Gasteiger partial charge < -0.3 is 25.4 Å². The molecule has 3 aromatic heterocycles. The largest absolute Gasteiger partial charge is 0.494 e. The Labute approximate surface area is 169 Å². The van der Waals surface area contributed by atoms with Crippen LogP contribution in [-0.2, 0) is 0 Å². The Bertz CT molecular complexity index is 1220. The molecule has 0 unspecified atom stereocenters. The molecule has 4 heterocycles. The molecule has 0 bridgehead atoms. The van der Waals surface area contributed by atoms with Gasteiger partial charge in [0.2, 0.25) is 0 Å². The number of aromatic amines is 1. The van der Waals surface area contributed by atoms with Crippen molar-refractivity contribution in [2.45, 2.75) is 6.10 Å². The van der Waals surface area contributed by atoms with Crippen molar-refractivity contribution in [3.8, 4) is 17.1 Å². The fourth-order valence-corrected chi connectivity index (χ4v) is 3.55. The summed E-state index contributed by atoms with van der Waals surface area (Å²) in [4.78, 5) is 13.3. The number of hydrogen-bond donors (Lipinski definition) is 4. The standard InChI is InChI=1S/C21H17F2N5O2/c22-13-2-1-3-14(23)19(13)15-6-16(20-17(26-15)8-25-21(20)30)27-18-5-4-11(7-24-18)28-9-12(29)10-28/h1-8,12,25,29-30H,9-10H2,(H,24,27). The molecular weight excluding hydrogens is 392 g/mol. The van der Waals surface area contributed by atoms with Crippen LogP contribution in [0.4, 0.5) is 26.0 Å². The van der Waals surface area contributed by atoms with Crippen molar-refractivity contribution in [2.75, 3.05) is 23.3 Å². The molecule has 1 aliphatic heterocycles. The van der Waals surface area contributed by atoms with Crippen LogP contribution in [0.2, 0.25) is 0 Å². The third-order valence-corrected chi connectivity index (χ3v) is 5.09. The maximum atomic E-state index is 14.3. The van der Waals surface area contributed by atoms with Crippen molar-refractivity contribution < 1.29 is 19.0 Å². The van der Waals surface area contributed by atoms with Crippen molar-refractivity contribution in [3.05, 3.63) is 60.4 Å². The van der Waals surface area contributed by atoms with Crippen LogP contribution >= 0.6 is 0 Å². The number of nitrogens with zero attached hydrogens (tertiary/aromatic N) is 3. The zero-order chi connectivity index (χ0) is 20.8. The van der Waals surface area contributed by atoms with Crippen molar-refractivity contribution in [1.82, 2.24) is 15.0 Å². The molecule has 1 fully saturated rings. The number of H-pyrrole nitrogens is 1. The number of fused-ring (bicyclic) bond motifs is 1. The second kappa shape index (κ2) is 6.96. The number of β-amino-alcohol motifs (C(OH)–C–C–N with tert-alkyl or cyclic N) is 1. The summed E-state index contributed by atoms with van der Waals surface area (Å²) in [5.41, 5.74) is 1.47. The monoisotopic (exact) mass is 409 g/mol. The molecule has 0 spiro atoms. The number of aliphatic hydroxyl groups excluding tert-OH is 1. The van der Waals surface area contributed by atoms with Crippen LogP contribution in [0.25, 0.3) is 22.2 Å². The van der Waals surface area contributed by atoms with E-state index in [4.69, 9.17) is 0 Å². The molecule has 0 aliphatic carbocycles. The Morgan fingerprint density at radius 3 is 2.57 bits per heavy atom. The number of benzene rings is 1. The second-order valence-electron chi connectivity index (χ2n) is 7.13. The first kappa shape index (κ1) is 18.3. The molecule has 1 aromatic carbocycles. The number of halogens is 2. The molecule has 9 heteroatoms. The van der Waals surface area contributed by atoms with Gasteiger partial charge in [-0.15, -0.1) is 0 Å². The van der Waals surface area contributed by atoms with Crippen molar-refractivity contribution in [2.24, 2.45) is 0 Å². The normalized spacial score (nSPS) is 14.2. The maximum Gasteiger partial charge on any atom is 0.200 e. The number of hydrogen-bond acceptors (Lipinski definition) is 6. The Morgan fingerprint density at radius 1 is 1.13 bits per heavy atom. The average molecular weight is 409 g/mol.